The van der Waals surface area contributed by atoms with E-state index in [1.807, 2.05) is 35.2 Å². The van der Waals surface area contributed by atoms with Gasteiger partial charge in [-0.1, -0.05) is 29.3 Å². The van der Waals surface area contributed by atoms with E-state index < -0.39 is 12.0 Å². The zero-order valence-electron chi connectivity index (χ0n) is 16.6. The number of halogens is 2. The number of hydrogen-bond acceptors (Lipinski definition) is 4. The highest BCUT2D eigenvalue weighted by Gasteiger charge is 2.32. The highest BCUT2D eigenvalue weighted by atomic mass is 35.5. The maximum Gasteiger partial charge on any atom is 0.325 e. The van der Waals surface area contributed by atoms with Crippen LogP contribution in [-0.4, -0.2) is 59.1 Å². The van der Waals surface area contributed by atoms with E-state index in [0.717, 1.165) is 35.1 Å². The molecule has 1 aliphatic rings. The second-order valence-electron chi connectivity index (χ2n) is 7.44. The van der Waals surface area contributed by atoms with Gasteiger partial charge in [0.25, 0.3) is 0 Å². The molecule has 2 aromatic carbocycles. The van der Waals surface area contributed by atoms with E-state index in [-0.39, 0.29) is 0 Å². The standard InChI is InChI=1S/C22H23Cl2N3O3/c1-30-16-4-5-20-17(11-16)18(12-25-20)21(22(28)29)27-8-6-26(7-9-27)13-14-2-3-15(23)10-19(14)24/h2-5,10-12,21,25H,6-9,13H2,1H3,(H,28,29)/t21-/m1/s1. The van der Waals surface area contributed by atoms with Crippen molar-refractivity contribution in [3.8, 4) is 5.75 Å². The Balaban J connectivity index is 1.50. The number of H-pyrrole nitrogens is 1. The first-order valence-electron chi connectivity index (χ1n) is 9.74. The Morgan fingerprint density at radius 1 is 1.17 bits per heavy atom. The van der Waals surface area contributed by atoms with Crippen molar-refractivity contribution in [3.63, 3.8) is 0 Å². The Kier molecular flexibility index (Phi) is 6.20. The number of hydrogen-bond donors (Lipinski definition) is 2. The van der Waals surface area contributed by atoms with Gasteiger partial charge in [0.2, 0.25) is 0 Å². The number of nitrogens with zero attached hydrogens (tertiary/aromatic N) is 2. The van der Waals surface area contributed by atoms with Crippen molar-refractivity contribution in [2.24, 2.45) is 0 Å². The molecule has 1 aromatic heterocycles. The number of carbonyl (C=O) groups is 1. The highest BCUT2D eigenvalue weighted by molar-refractivity contribution is 6.35. The lowest BCUT2D eigenvalue weighted by Crippen LogP contribution is -2.48. The summed E-state index contributed by atoms with van der Waals surface area (Å²) >= 11 is 12.3. The van der Waals surface area contributed by atoms with Gasteiger partial charge < -0.3 is 14.8 Å². The van der Waals surface area contributed by atoms with E-state index in [0.29, 0.717) is 35.4 Å². The summed E-state index contributed by atoms with van der Waals surface area (Å²) in [6.45, 7) is 3.53. The van der Waals surface area contributed by atoms with Crippen LogP contribution in [0.3, 0.4) is 0 Å². The summed E-state index contributed by atoms with van der Waals surface area (Å²) in [5.74, 6) is -0.148. The molecule has 4 rings (SSSR count). The molecule has 0 aliphatic carbocycles. The number of piperazine rings is 1. The molecule has 0 spiro atoms. The molecule has 3 aromatic rings. The van der Waals surface area contributed by atoms with Crippen LogP contribution in [0.25, 0.3) is 10.9 Å². The van der Waals surface area contributed by atoms with E-state index >= 15 is 0 Å². The largest absolute Gasteiger partial charge is 0.497 e. The molecule has 1 atom stereocenters. The average molecular weight is 448 g/mol. The van der Waals surface area contributed by atoms with Crippen LogP contribution < -0.4 is 4.74 Å². The second-order valence-corrected chi connectivity index (χ2v) is 8.29. The molecule has 0 unspecified atom stereocenters. The minimum absolute atomic E-state index is 0.619. The zero-order valence-corrected chi connectivity index (χ0v) is 18.1. The number of aliphatic carboxylic acids is 1. The number of methoxy groups -OCH3 is 1. The minimum atomic E-state index is -0.854. The summed E-state index contributed by atoms with van der Waals surface area (Å²) in [6, 6.07) is 10.5. The number of ether oxygens (including phenoxy) is 1. The monoisotopic (exact) mass is 447 g/mol. The van der Waals surface area contributed by atoms with E-state index in [1.165, 1.54) is 0 Å². The smallest absolute Gasteiger partial charge is 0.325 e. The molecule has 0 radical (unpaired) electrons. The predicted octanol–water partition coefficient (Wildman–Crippen LogP) is 4.43. The number of fused-ring (bicyclic) bond motifs is 1. The maximum atomic E-state index is 12.2. The fraction of sp³-hybridized carbons (Fsp3) is 0.318. The lowest BCUT2D eigenvalue weighted by atomic mass is 10.0. The van der Waals surface area contributed by atoms with Gasteiger partial charge in [-0.15, -0.1) is 0 Å². The molecule has 0 amide bonds. The van der Waals surface area contributed by atoms with Crippen LogP contribution in [0.5, 0.6) is 5.75 Å². The molecule has 6 nitrogen and oxygen atoms in total. The second kappa shape index (κ2) is 8.86. The molecule has 2 heterocycles. The van der Waals surface area contributed by atoms with Crippen molar-refractivity contribution in [1.82, 2.24) is 14.8 Å². The van der Waals surface area contributed by atoms with Gasteiger partial charge in [-0.3, -0.25) is 14.6 Å². The number of rotatable bonds is 6. The quantitative estimate of drug-likeness (QED) is 0.584. The summed E-state index contributed by atoms with van der Waals surface area (Å²) in [6.07, 6.45) is 1.79. The van der Waals surface area contributed by atoms with Gasteiger partial charge in [-0.2, -0.15) is 0 Å². The molecule has 1 aliphatic heterocycles. The van der Waals surface area contributed by atoms with Gasteiger partial charge in [0, 0.05) is 65.4 Å². The number of nitrogens with one attached hydrogen (secondary N) is 1. The molecular weight excluding hydrogens is 425 g/mol. The third kappa shape index (κ3) is 4.27. The third-order valence-electron chi connectivity index (χ3n) is 5.63. The molecule has 1 saturated heterocycles. The normalized spacial score (nSPS) is 16.6. The van der Waals surface area contributed by atoms with Crippen LogP contribution in [0.4, 0.5) is 0 Å². The van der Waals surface area contributed by atoms with E-state index in [4.69, 9.17) is 27.9 Å². The molecule has 1 fully saturated rings. The topological polar surface area (TPSA) is 68.8 Å². The van der Waals surface area contributed by atoms with Crippen molar-refractivity contribution in [1.29, 1.82) is 0 Å². The molecule has 8 heteroatoms. The number of aromatic nitrogens is 1. The Morgan fingerprint density at radius 2 is 1.93 bits per heavy atom. The van der Waals surface area contributed by atoms with Crippen molar-refractivity contribution < 1.29 is 14.6 Å². The molecular formula is C22H23Cl2N3O3. The summed E-state index contributed by atoms with van der Waals surface area (Å²) in [4.78, 5) is 19.7. The minimum Gasteiger partial charge on any atom is -0.497 e. The first-order valence-corrected chi connectivity index (χ1v) is 10.5. The van der Waals surface area contributed by atoms with Gasteiger partial charge in [0.15, 0.2) is 0 Å². The van der Waals surface area contributed by atoms with E-state index in [1.54, 1.807) is 19.4 Å². The first-order chi connectivity index (χ1) is 14.5. The van der Waals surface area contributed by atoms with Crippen molar-refractivity contribution in [2.45, 2.75) is 12.6 Å². The van der Waals surface area contributed by atoms with Crippen LogP contribution in [0.2, 0.25) is 10.0 Å². The van der Waals surface area contributed by atoms with Gasteiger partial charge >= 0.3 is 5.97 Å². The maximum absolute atomic E-state index is 12.2. The lowest BCUT2D eigenvalue weighted by Gasteiger charge is -2.37. The Bertz CT molecular complexity index is 1060. The predicted molar refractivity (Wildman–Crippen MR) is 119 cm³/mol. The Morgan fingerprint density at radius 3 is 2.60 bits per heavy atom. The molecule has 0 saturated carbocycles. The molecule has 2 N–H and O–H groups in total. The number of carboxylic acids is 1. The van der Waals surface area contributed by atoms with Crippen LogP contribution in [0.1, 0.15) is 17.2 Å². The van der Waals surface area contributed by atoms with Gasteiger partial charge in [-0.25, -0.2) is 0 Å². The van der Waals surface area contributed by atoms with E-state index in [9.17, 15) is 9.90 Å². The van der Waals surface area contributed by atoms with Gasteiger partial charge in [0.1, 0.15) is 11.8 Å². The lowest BCUT2D eigenvalue weighted by molar-refractivity contribution is -0.144. The van der Waals surface area contributed by atoms with Crippen molar-refractivity contribution in [3.05, 3.63) is 63.8 Å². The number of benzene rings is 2. The SMILES string of the molecule is COc1ccc2[nH]cc([C@H](C(=O)O)N3CCN(Cc4ccc(Cl)cc4Cl)CC3)c2c1. The summed E-state index contributed by atoms with van der Waals surface area (Å²) in [5, 5.41) is 12.2. The zero-order chi connectivity index (χ0) is 21.3. The average Bonchev–Trinajstić information content (AvgIpc) is 3.14. The van der Waals surface area contributed by atoms with Gasteiger partial charge in [-0.05, 0) is 35.9 Å². The van der Waals surface area contributed by atoms with Crippen LogP contribution >= 0.6 is 23.2 Å². The summed E-state index contributed by atoms with van der Waals surface area (Å²) in [7, 11) is 1.61. The Labute approximate surface area is 184 Å². The Hall–Kier alpha value is -2.25. The molecule has 158 valence electrons. The fourth-order valence-electron chi connectivity index (χ4n) is 4.03. The van der Waals surface area contributed by atoms with Crippen LogP contribution in [0, 0.1) is 0 Å². The van der Waals surface area contributed by atoms with Gasteiger partial charge in [0.05, 0.1) is 7.11 Å². The fourth-order valence-corrected chi connectivity index (χ4v) is 4.50. The highest BCUT2D eigenvalue weighted by Crippen LogP contribution is 2.32. The van der Waals surface area contributed by atoms with E-state index in [2.05, 4.69) is 9.88 Å². The van der Waals surface area contributed by atoms with Crippen molar-refractivity contribution in [2.75, 3.05) is 33.3 Å². The molecule has 0 bridgehead atoms. The number of aromatic amines is 1. The summed E-state index contributed by atoms with van der Waals surface area (Å²) in [5.41, 5.74) is 2.67. The van der Waals surface area contributed by atoms with Crippen molar-refractivity contribution >= 4 is 40.1 Å². The summed E-state index contributed by atoms with van der Waals surface area (Å²) < 4.78 is 5.32. The first kappa shape index (κ1) is 21.0. The molecule has 30 heavy (non-hydrogen) atoms. The van der Waals surface area contributed by atoms with Crippen LogP contribution in [-0.2, 0) is 11.3 Å². The number of carboxylic acid groups (broad SMARTS) is 1. The van der Waals surface area contributed by atoms with Crippen LogP contribution in [0.15, 0.2) is 42.6 Å². The third-order valence-corrected chi connectivity index (χ3v) is 6.22.